The Kier molecular flexibility index (Phi) is 4.96. The molecule has 0 saturated carbocycles. The summed E-state index contributed by atoms with van der Waals surface area (Å²) >= 11 is 0. The van der Waals surface area contributed by atoms with Crippen LogP contribution in [0.2, 0.25) is 0 Å². The van der Waals surface area contributed by atoms with Gasteiger partial charge in [-0.25, -0.2) is 0 Å². The fraction of sp³-hybridized carbons (Fsp3) is 0.286. The van der Waals surface area contributed by atoms with E-state index in [4.69, 9.17) is 11.2 Å². The van der Waals surface area contributed by atoms with Crippen LogP contribution in [-0.2, 0) is 20.7 Å². The molecule has 1 rings (SSSR count). The molecule has 0 saturated heterocycles. The van der Waals surface area contributed by atoms with Crippen molar-refractivity contribution in [3.8, 4) is 12.3 Å². The van der Waals surface area contributed by atoms with Crippen molar-refractivity contribution in [1.82, 2.24) is 0 Å². The van der Waals surface area contributed by atoms with E-state index >= 15 is 0 Å². The number of terminal acetylenes is 1. The van der Waals surface area contributed by atoms with Gasteiger partial charge in [-0.1, -0.05) is 24.1 Å². The first-order chi connectivity index (χ1) is 8.17. The molecule has 0 heterocycles. The molecule has 1 aromatic carbocycles. The quantitative estimate of drug-likeness (QED) is 0.439. The Labute approximate surface area is 101 Å². The number of carbonyl (C=O) groups is 2. The van der Waals surface area contributed by atoms with Crippen molar-refractivity contribution in [2.45, 2.75) is 19.8 Å². The number of carbonyl (C=O) groups excluding carboxylic acids is 2. The molecule has 0 atom stereocenters. The molecule has 88 valence electrons. The summed E-state index contributed by atoms with van der Waals surface area (Å²) in [5, 5.41) is 0. The number of hydrogen-bond donors (Lipinski definition) is 0. The minimum atomic E-state index is -0.490. The number of benzene rings is 1. The maximum atomic E-state index is 11.6. The monoisotopic (exact) mass is 230 g/mol. The molecule has 0 N–H and O–H groups in total. The largest absolute Gasteiger partial charge is 0.466 e. The Balaban J connectivity index is 2.63. The molecule has 0 aliphatic rings. The average Bonchev–Trinajstić information content (AvgIpc) is 2.29. The molecule has 0 aliphatic carbocycles. The van der Waals surface area contributed by atoms with Crippen LogP contribution in [0.5, 0.6) is 0 Å². The van der Waals surface area contributed by atoms with Gasteiger partial charge < -0.3 is 4.74 Å². The van der Waals surface area contributed by atoms with E-state index in [9.17, 15) is 9.59 Å². The van der Waals surface area contributed by atoms with E-state index in [2.05, 4.69) is 5.92 Å². The third kappa shape index (κ3) is 4.12. The van der Waals surface area contributed by atoms with Crippen molar-refractivity contribution < 1.29 is 14.3 Å². The van der Waals surface area contributed by atoms with Crippen LogP contribution in [0, 0.1) is 12.3 Å². The van der Waals surface area contributed by atoms with Crippen molar-refractivity contribution in [2.24, 2.45) is 0 Å². The SMILES string of the molecule is C#Cc1ccccc1CC(=O)CC(=O)OCC. The lowest BCUT2D eigenvalue weighted by atomic mass is 10.0. The van der Waals surface area contributed by atoms with Crippen molar-refractivity contribution in [2.75, 3.05) is 6.61 Å². The fourth-order valence-corrected chi connectivity index (χ4v) is 1.46. The summed E-state index contributed by atoms with van der Waals surface area (Å²) in [7, 11) is 0. The molecule has 0 bridgehead atoms. The van der Waals surface area contributed by atoms with Gasteiger partial charge in [0.1, 0.15) is 12.2 Å². The first kappa shape index (κ1) is 13.0. The van der Waals surface area contributed by atoms with Gasteiger partial charge in [0.05, 0.1) is 6.61 Å². The van der Waals surface area contributed by atoms with E-state index in [0.29, 0.717) is 5.56 Å². The molecule has 0 aromatic heterocycles. The zero-order valence-corrected chi connectivity index (χ0v) is 9.73. The molecule has 0 fully saturated rings. The number of esters is 1. The molecule has 3 heteroatoms. The third-order valence-electron chi connectivity index (χ3n) is 2.21. The molecule has 0 amide bonds. The second kappa shape index (κ2) is 6.49. The molecule has 0 aliphatic heterocycles. The minimum Gasteiger partial charge on any atom is -0.466 e. The van der Waals surface area contributed by atoms with Gasteiger partial charge in [0.15, 0.2) is 0 Å². The maximum absolute atomic E-state index is 11.6. The van der Waals surface area contributed by atoms with E-state index in [0.717, 1.165) is 5.56 Å². The first-order valence-corrected chi connectivity index (χ1v) is 5.39. The maximum Gasteiger partial charge on any atom is 0.313 e. The van der Waals surface area contributed by atoms with E-state index in [1.165, 1.54) is 0 Å². The highest BCUT2D eigenvalue weighted by molar-refractivity contribution is 5.96. The van der Waals surface area contributed by atoms with Crippen LogP contribution in [0.15, 0.2) is 24.3 Å². The second-order valence-electron chi connectivity index (χ2n) is 3.50. The molecule has 0 unspecified atom stereocenters. The molecular weight excluding hydrogens is 216 g/mol. The summed E-state index contributed by atoms with van der Waals surface area (Å²) in [4.78, 5) is 22.7. The Bertz CT molecular complexity index is 455. The van der Waals surface area contributed by atoms with E-state index in [-0.39, 0.29) is 25.2 Å². The third-order valence-corrected chi connectivity index (χ3v) is 2.21. The van der Waals surface area contributed by atoms with Gasteiger partial charge in [-0.3, -0.25) is 9.59 Å². The van der Waals surface area contributed by atoms with Crippen LogP contribution in [-0.4, -0.2) is 18.4 Å². The van der Waals surface area contributed by atoms with Crippen LogP contribution >= 0.6 is 0 Å². The molecule has 17 heavy (non-hydrogen) atoms. The van der Waals surface area contributed by atoms with Crippen LogP contribution in [0.1, 0.15) is 24.5 Å². The smallest absolute Gasteiger partial charge is 0.313 e. The molecule has 0 radical (unpaired) electrons. The Morgan fingerprint density at radius 1 is 1.35 bits per heavy atom. The molecule has 0 spiro atoms. The summed E-state index contributed by atoms with van der Waals surface area (Å²) in [6.07, 6.45) is 5.29. The van der Waals surface area contributed by atoms with Crippen LogP contribution in [0.25, 0.3) is 0 Å². The highest BCUT2D eigenvalue weighted by Crippen LogP contribution is 2.09. The highest BCUT2D eigenvalue weighted by Gasteiger charge is 2.12. The Morgan fingerprint density at radius 2 is 2.06 bits per heavy atom. The lowest BCUT2D eigenvalue weighted by Crippen LogP contribution is -2.13. The number of rotatable bonds is 5. The van der Waals surface area contributed by atoms with Gasteiger partial charge in [-0.05, 0) is 18.6 Å². The van der Waals surface area contributed by atoms with Gasteiger partial charge in [0.2, 0.25) is 0 Å². The van der Waals surface area contributed by atoms with Crippen molar-refractivity contribution >= 4 is 11.8 Å². The van der Waals surface area contributed by atoms with Crippen molar-refractivity contribution in [3.63, 3.8) is 0 Å². The number of ether oxygens (including phenoxy) is 1. The summed E-state index contributed by atoms with van der Waals surface area (Å²) < 4.78 is 4.71. The van der Waals surface area contributed by atoms with Gasteiger partial charge in [0, 0.05) is 12.0 Å². The van der Waals surface area contributed by atoms with Gasteiger partial charge in [-0.2, -0.15) is 0 Å². The second-order valence-corrected chi connectivity index (χ2v) is 3.50. The van der Waals surface area contributed by atoms with Crippen LogP contribution in [0.3, 0.4) is 0 Å². The normalized spacial score (nSPS) is 9.41. The van der Waals surface area contributed by atoms with Crippen molar-refractivity contribution in [1.29, 1.82) is 0 Å². The minimum absolute atomic E-state index is 0.166. The Morgan fingerprint density at radius 3 is 2.71 bits per heavy atom. The van der Waals surface area contributed by atoms with Gasteiger partial charge in [-0.15, -0.1) is 6.42 Å². The summed E-state index contributed by atoms with van der Waals surface area (Å²) in [5.41, 5.74) is 1.45. The first-order valence-electron chi connectivity index (χ1n) is 5.39. The summed E-state index contributed by atoms with van der Waals surface area (Å²) in [5.74, 6) is 1.83. The number of ketones is 1. The Hall–Kier alpha value is -2.08. The average molecular weight is 230 g/mol. The molecule has 3 nitrogen and oxygen atoms in total. The zero-order chi connectivity index (χ0) is 12.7. The molecular formula is C14H14O3. The predicted molar refractivity (Wildman–Crippen MR) is 64.3 cm³/mol. The highest BCUT2D eigenvalue weighted by atomic mass is 16.5. The standard InChI is InChI=1S/C14H14O3/c1-3-11-7-5-6-8-12(11)9-13(15)10-14(16)17-4-2/h1,5-8H,4,9-10H2,2H3. The molecule has 1 aromatic rings. The lowest BCUT2D eigenvalue weighted by molar-refractivity contribution is -0.145. The topological polar surface area (TPSA) is 43.4 Å². The van der Waals surface area contributed by atoms with E-state index < -0.39 is 5.97 Å². The number of Topliss-reactive ketones (excluding diaryl/α,β-unsaturated/α-hetero) is 1. The summed E-state index contributed by atoms with van der Waals surface area (Å²) in [6, 6.07) is 7.19. The van der Waals surface area contributed by atoms with E-state index in [1.54, 1.807) is 19.1 Å². The fourth-order valence-electron chi connectivity index (χ4n) is 1.46. The van der Waals surface area contributed by atoms with Gasteiger partial charge in [0.25, 0.3) is 0 Å². The zero-order valence-electron chi connectivity index (χ0n) is 9.73. The van der Waals surface area contributed by atoms with E-state index in [1.807, 2.05) is 12.1 Å². The lowest BCUT2D eigenvalue weighted by Gasteiger charge is -2.04. The van der Waals surface area contributed by atoms with Crippen LogP contribution < -0.4 is 0 Å². The van der Waals surface area contributed by atoms with Gasteiger partial charge >= 0.3 is 5.97 Å². The van der Waals surface area contributed by atoms with Crippen molar-refractivity contribution in [3.05, 3.63) is 35.4 Å². The number of hydrogen-bond acceptors (Lipinski definition) is 3. The van der Waals surface area contributed by atoms with Crippen LogP contribution in [0.4, 0.5) is 0 Å². The predicted octanol–water partition coefficient (Wildman–Crippen LogP) is 1.73. The summed E-state index contributed by atoms with van der Waals surface area (Å²) in [6.45, 7) is 1.99.